The van der Waals surface area contributed by atoms with Crippen LogP contribution in [0.2, 0.25) is 0 Å². The van der Waals surface area contributed by atoms with Crippen LogP contribution in [0.15, 0.2) is 18.3 Å². The van der Waals surface area contributed by atoms with Crippen molar-refractivity contribution in [2.45, 2.75) is 6.92 Å². The molecule has 5 heteroatoms. The highest BCUT2D eigenvalue weighted by Gasteiger charge is 2.07. The van der Waals surface area contributed by atoms with E-state index in [0.29, 0.717) is 12.2 Å². The molecule has 1 N–H and O–H groups in total. The quantitative estimate of drug-likeness (QED) is 0.800. The number of anilines is 1. The second kappa shape index (κ2) is 5.71. The van der Waals surface area contributed by atoms with E-state index in [2.05, 4.69) is 10.3 Å². The van der Waals surface area contributed by atoms with Crippen molar-refractivity contribution in [3.05, 3.63) is 24.0 Å². The fourth-order valence-corrected chi connectivity index (χ4v) is 1.28. The van der Waals surface area contributed by atoms with E-state index in [1.165, 1.54) is 0 Å². The van der Waals surface area contributed by atoms with Crippen LogP contribution in [-0.2, 0) is 4.79 Å². The van der Waals surface area contributed by atoms with Crippen LogP contribution < -0.4 is 10.2 Å². The van der Waals surface area contributed by atoms with Crippen molar-refractivity contribution in [3.8, 4) is 6.07 Å². The predicted octanol–water partition coefficient (Wildman–Crippen LogP) is 0.526. The molecular formula is C11H14N4O. The number of amides is 1. The lowest BCUT2D eigenvalue weighted by atomic mass is 10.3. The maximum absolute atomic E-state index is 11.3. The Morgan fingerprint density at radius 3 is 3.06 bits per heavy atom. The largest absolute Gasteiger partial charge is 0.365 e. The van der Waals surface area contributed by atoms with Gasteiger partial charge in [0.15, 0.2) is 0 Å². The van der Waals surface area contributed by atoms with Crippen molar-refractivity contribution in [1.29, 1.82) is 5.26 Å². The zero-order chi connectivity index (χ0) is 12.0. The number of rotatable bonds is 4. The lowest BCUT2D eigenvalue weighted by Crippen LogP contribution is -2.34. The SMILES string of the molecule is CCNC(=O)CN(C)c1ccnc(C#N)c1. The molecule has 5 nitrogen and oxygen atoms in total. The monoisotopic (exact) mass is 218 g/mol. The van der Waals surface area contributed by atoms with E-state index in [4.69, 9.17) is 5.26 Å². The summed E-state index contributed by atoms with van der Waals surface area (Å²) in [6.07, 6.45) is 1.56. The van der Waals surface area contributed by atoms with E-state index >= 15 is 0 Å². The third-order valence-corrected chi connectivity index (χ3v) is 2.05. The highest BCUT2D eigenvalue weighted by Crippen LogP contribution is 2.11. The van der Waals surface area contributed by atoms with Crippen molar-refractivity contribution in [2.75, 3.05) is 25.0 Å². The molecule has 0 radical (unpaired) electrons. The molecule has 0 bridgehead atoms. The number of likely N-dealkylation sites (N-methyl/N-ethyl adjacent to an activating group) is 2. The van der Waals surface area contributed by atoms with Gasteiger partial charge < -0.3 is 10.2 Å². The smallest absolute Gasteiger partial charge is 0.239 e. The predicted molar refractivity (Wildman–Crippen MR) is 60.9 cm³/mol. The molecule has 84 valence electrons. The first kappa shape index (κ1) is 12.0. The molecule has 0 atom stereocenters. The van der Waals surface area contributed by atoms with Crippen LogP contribution in [0.4, 0.5) is 5.69 Å². The number of hydrogen-bond acceptors (Lipinski definition) is 4. The Balaban J connectivity index is 2.69. The number of nitrogens with one attached hydrogen (secondary N) is 1. The van der Waals surface area contributed by atoms with Gasteiger partial charge in [-0.2, -0.15) is 5.26 Å². The van der Waals surface area contributed by atoms with Crippen molar-refractivity contribution in [2.24, 2.45) is 0 Å². The van der Waals surface area contributed by atoms with Crippen LogP contribution in [0.3, 0.4) is 0 Å². The van der Waals surface area contributed by atoms with Crippen LogP contribution in [0, 0.1) is 11.3 Å². The Bertz CT molecular complexity index is 411. The normalized spacial score (nSPS) is 9.31. The third kappa shape index (κ3) is 3.24. The van der Waals surface area contributed by atoms with Gasteiger partial charge in [-0.1, -0.05) is 0 Å². The number of aromatic nitrogens is 1. The van der Waals surface area contributed by atoms with Crippen LogP contribution in [0.1, 0.15) is 12.6 Å². The van der Waals surface area contributed by atoms with Crippen molar-refractivity contribution in [3.63, 3.8) is 0 Å². The number of carbonyl (C=O) groups is 1. The minimum absolute atomic E-state index is 0.0414. The first-order valence-corrected chi connectivity index (χ1v) is 5.01. The summed E-state index contributed by atoms with van der Waals surface area (Å²) in [5, 5.41) is 11.4. The Labute approximate surface area is 94.7 Å². The molecule has 0 aliphatic carbocycles. The molecule has 0 aromatic carbocycles. The summed E-state index contributed by atoms with van der Waals surface area (Å²) in [5.74, 6) is -0.0414. The van der Waals surface area contributed by atoms with E-state index < -0.39 is 0 Å². The summed E-state index contributed by atoms with van der Waals surface area (Å²) in [4.78, 5) is 17.0. The molecule has 1 aromatic rings. The second-order valence-electron chi connectivity index (χ2n) is 3.32. The number of nitrogens with zero attached hydrogens (tertiary/aromatic N) is 3. The van der Waals surface area contributed by atoms with Crippen LogP contribution >= 0.6 is 0 Å². The summed E-state index contributed by atoms with van der Waals surface area (Å²) in [5.41, 5.74) is 1.15. The standard InChI is InChI=1S/C11H14N4O/c1-3-13-11(16)8-15(2)10-4-5-14-9(6-10)7-12/h4-6H,3,8H2,1-2H3,(H,13,16). The maximum Gasteiger partial charge on any atom is 0.239 e. The molecule has 0 saturated heterocycles. The lowest BCUT2D eigenvalue weighted by Gasteiger charge is -2.18. The first-order valence-electron chi connectivity index (χ1n) is 5.01. The Morgan fingerprint density at radius 2 is 2.44 bits per heavy atom. The Hall–Kier alpha value is -2.09. The highest BCUT2D eigenvalue weighted by molar-refractivity contribution is 5.81. The summed E-state index contributed by atoms with van der Waals surface area (Å²) in [6.45, 7) is 2.76. The van der Waals surface area contributed by atoms with Gasteiger partial charge in [-0.15, -0.1) is 0 Å². The number of nitriles is 1. The summed E-state index contributed by atoms with van der Waals surface area (Å²) >= 11 is 0. The summed E-state index contributed by atoms with van der Waals surface area (Å²) < 4.78 is 0. The lowest BCUT2D eigenvalue weighted by molar-refractivity contribution is -0.119. The van der Waals surface area contributed by atoms with Gasteiger partial charge in [0.2, 0.25) is 5.91 Å². The molecular weight excluding hydrogens is 204 g/mol. The van der Waals surface area contributed by atoms with Gasteiger partial charge in [0.05, 0.1) is 6.54 Å². The van der Waals surface area contributed by atoms with E-state index in [1.807, 2.05) is 13.0 Å². The summed E-state index contributed by atoms with van der Waals surface area (Å²) in [6, 6.07) is 5.38. The van der Waals surface area contributed by atoms with E-state index in [9.17, 15) is 4.79 Å². The minimum Gasteiger partial charge on any atom is -0.365 e. The second-order valence-corrected chi connectivity index (χ2v) is 3.32. The van der Waals surface area contributed by atoms with Gasteiger partial charge in [0, 0.05) is 25.5 Å². The molecule has 1 rings (SSSR count). The minimum atomic E-state index is -0.0414. The van der Waals surface area contributed by atoms with E-state index in [1.54, 1.807) is 30.3 Å². The molecule has 0 aliphatic heterocycles. The van der Waals surface area contributed by atoms with Gasteiger partial charge in [-0.05, 0) is 19.1 Å². The van der Waals surface area contributed by atoms with Crippen molar-refractivity contribution >= 4 is 11.6 Å². The molecule has 0 fully saturated rings. The molecule has 1 heterocycles. The fraction of sp³-hybridized carbons (Fsp3) is 0.364. The zero-order valence-electron chi connectivity index (χ0n) is 9.40. The van der Waals surface area contributed by atoms with Gasteiger partial charge >= 0.3 is 0 Å². The maximum atomic E-state index is 11.3. The number of hydrogen-bond donors (Lipinski definition) is 1. The fourth-order valence-electron chi connectivity index (χ4n) is 1.28. The Morgan fingerprint density at radius 1 is 1.69 bits per heavy atom. The van der Waals surface area contributed by atoms with Crippen molar-refractivity contribution in [1.82, 2.24) is 10.3 Å². The molecule has 0 aliphatic rings. The number of pyridine rings is 1. The molecule has 0 spiro atoms. The van der Waals surface area contributed by atoms with Crippen LogP contribution in [0.25, 0.3) is 0 Å². The average Bonchev–Trinajstić information content (AvgIpc) is 2.29. The topological polar surface area (TPSA) is 69.0 Å². The van der Waals surface area contributed by atoms with Gasteiger partial charge in [0.25, 0.3) is 0 Å². The molecule has 1 amide bonds. The molecule has 0 saturated carbocycles. The van der Waals surface area contributed by atoms with E-state index in [-0.39, 0.29) is 12.5 Å². The number of carbonyl (C=O) groups excluding carboxylic acids is 1. The van der Waals surface area contributed by atoms with Gasteiger partial charge in [-0.3, -0.25) is 4.79 Å². The van der Waals surface area contributed by atoms with Crippen LogP contribution in [-0.4, -0.2) is 31.0 Å². The molecule has 0 unspecified atom stereocenters. The Kier molecular flexibility index (Phi) is 4.28. The van der Waals surface area contributed by atoms with Gasteiger partial charge in [0.1, 0.15) is 11.8 Å². The average molecular weight is 218 g/mol. The third-order valence-electron chi connectivity index (χ3n) is 2.05. The molecule has 16 heavy (non-hydrogen) atoms. The highest BCUT2D eigenvalue weighted by atomic mass is 16.1. The van der Waals surface area contributed by atoms with E-state index in [0.717, 1.165) is 5.69 Å². The van der Waals surface area contributed by atoms with Crippen LogP contribution in [0.5, 0.6) is 0 Å². The zero-order valence-corrected chi connectivity index (χ0v) is 9.40. The first-order chi connectivity index (χ1) is 7.67. The molecule has 1 aromatic heterocycles. The summed E-state index contributed by atoms with van der Waals surface area (Å²) in [7, 11) is 1.80. The van der Waals surface area contributed by atoms with Gasteiger partial charge in [-0.25, -0.2) is 4.98 Å². The van der Waals surface area contributed by atoms with Crippen molar-refractivity contribution < 1.29 is 4.79 Å².